The highest BCUT2D eigenvalue weighted by Crippen LogP contribution is 2.39. The third-order valence-electron chi connectivity index (χ3n) is 5.70. The molecular formula is C25H24Cl2N2. The number of rotatable bonds is 4. The highest BCUT2D eigenvalue weighted by Gasteiger charge is 2.34. The van der Waals surface area contributed by atoms with Gasteiger partial charge in [0, 0.05) is 30.1 Å². The van der Waals surface area contributed by atoms with Crippen LogP contribution >= 0.6 is 23.2 Å². The number of aryl methyl sites for hydroxylation is 1. The lowest BCUT2D eigenvalue weighted by Gasteiger charge is -2.28. The molecule has 3 aromatic rings. The van der Waals surface area contributed by atoms with E-state index in [1.807, 2.05) is 24.3 Å². The van der Waals surface area contributed by atoms with E-state index in [1.54, 1.807) is 0 Å². The molecule has 29 heavy (non-hydrogen) atoms. The number of aliphatic imine (C=N–C) groups is 1. The molecule has 0 saturated carbocycles. The van der Waals surface area contributed by atoms with Crippen molar-refractivity contribution in [3.8, 4) is 0 Å². The first-order valence-electron chi connectivity index (χ1n) is 9.84. The minimum atomic E-state index is -0.457. The predicted octanol–water partition coefficient (Wildman–Crippen LogP) is 6.73. The van der Waals surface area contributed by atoms with E-state index < -0.39 is 5.54 Å². The average Bonchev–Trinajstić information content (AvgIpc) is 2.83. The lowest BCUT2D eigenvalue weighted by molar-refractivity contribution is 0.489. The molecule has 1 atom stereocenters. The van der Waals surface area contributed by atoms with Crippen LogP contribution in [0.5, 0.6) is 0 Å². The fourth-order valence-corrected chi connectivity index (χ4v) is 4.28. The summed E-state index contributed by atoms with van der Waals surface area (Å²) in [4.78, 5) is 7.61. The van der Waals surface area contributed by atoms with Crippen LogP contribution in [-0.2, 0) is 18.5 Å². The van der Waals surface area contributed by atoms with Crippen LogP contribution in [0.2, 0.25) is 10.0 Å². The van der Waals surface area contributed by atoms with Crippen molar-refractivity contribution >= 4 is 29.0 Å². The van der Waals surface area contributed by atoms with Gasteiger partial charge in [-0.05, 0) is 59.9 Å². The standard InChI is InChI=1S/C25H24Cl2N2/c1-25(20-10-14-22(27)15-11-20)23-6-4-3-5-19(23)17-29(2)24(28-25)16-9-18-7-12-21(26)13-8-18/h3-8,10-15H,9,16-17H2,1-2H3. The largest absolute Gasteiger partial charge is 0.359 e. The molecule has 0 spiro atoms. The van der Waals surface area contributed by atoms with E-state index >= 15 is 0 Å². The maximum Gasteiger partial charge on any atom is 0.110 e. The molecule has 0 radical (unpaired) electrons. The van der Waals surface area contributed by atoms with E-state index in [0.717, 1.165) is 40.8 Å². The van der Waals surface area contributed by atoms with Gasteiger partial charge in [-0.15, -0.1) is 0 Å². The Hall–Kier alpha value is -2.29. The second-order valence-corrected chi connectivity index (χ2v) is 8.62. The summed E-state index contributed by atoms with van der Waals surface area (Å²) >= 11 is 12.2. The highest BCUT2D eigenvalue weighted by molar-refractivity contribution is 6.30. The van der Waals surface area contributed by atoms with Crippen molar-refractivity contribution in [3.05, 3.63) is 105 Å². The van der Waals surface area contributed by atoms with Crippen molar-refractivity contribution in [2.45, 2.75) is 31.8 Å². The topological polar surface area (TPSA) is 15.6 Å². The molecule has 1 unspecified atom stereocenters. The average molecular weight is 423 g/mol. The third-order valence-corrected chi connectivity index (χ3v) is 6.20. The molecule has 4 heteroatoms. The highest BCUT2D eigenvalue weighted by atomic mass is 35.5. The molecule has 2 nitrogen and oxygen atoms in total. The summed E-state index contributed by atoms with van der Waals surface area (Å²) in [5.74, 6) is 1.11. The molecule has 0 N–H and O–H groups in total. The maximum atomic E-state index is 6.16. The van der Waals surface area contributed by atoms with E-state index in [1.165, 1.54) is 16.7 Å². The Morgan fingerprint density at radius 1 is 0.862 bits per heavy atom. The van der Waals surface area contributed by atoms with Crippen LogP contribution < -0.4 is 0 Å². The molecule has 0 aliphatic carbocycles. The van der Waals surface area contributed by atoms with E-state index in [2.05, 4.69) is 67.4 Å². The van der Waals surface area contributed by atoms with Gasteiger partial charge >= 0.3 is 0 Å². The predicted molar refractivity (Wildman–Crippen MR) is 123 cm³/mol. The molecule has 0 amide bonds. The zero-order valence-corrected chi connectivity index (χ0v) is 18.2. The lowest BCUT2D eigenvalue weighted by atomic mass is 9.82. The molecule has 0 bridgehead atoms. The zero-order chi connectivity index (χ0) is 20.4. The summed E-state index contributed by atoms with van der Waals surface area (Å²) in [5.41, 5.74) is 4.50. The summed E-state index contributed by atoms with van der Waals surface area (Å²) < 4.78 is 0. The van der Waals surface area contributed by atoms with Crippen LogP contribution in [0.4, 0.5) is 0 Å². The number of benzene rings is 3. The van der Waals surface area contributed by atoms with Gasteiger partial charge in [-0.25, -0.2) is 0 Å². The molecule has 4 rings (SSSR count). The van der Waals surface area contributed by atoms with Crippen molar-refractivity contribution < 1.29 is 0 Å². The van der Waals surface area contributed by atoms with Gasteiger partial charge in [-0.2, -0.15) is 0 Å². The van der Waals surface area contributed by atoms with Gasteiger partial charge in [0.05, 0.1) is 0 Å². The van der Waals surface area contributed by atoms with Crippen LogP contribution in [0.3, 0.4) is 0 Å². The second kappa shape index (κ2) is 8.22. The SMILES string of the molecule is CN1Cc2ccccc2C(C)(c2ccc(Cl)cc2)N=C1CCc1ccc(Cl)cc1. The lowest BCUT2D eigenvalue weighted by Crippen LogP contribution is -2.28. The first kappa shape index (κ1) is 20.0. The van der Waals surface area contributed by atoms with Crippen LogP contribution in [-0.4, -0.2) is 17.8 Å². The van der Waals surface area contributed by atoms with Crippen LogP contribution in [0.1, 0.15) is 35.6 Å². The van der Waals surface area contributed by atoms with Gasteiger partial charge in [0.1, 0.15) is 11.4 Å². The minimum Gasteiger partial charge on any atom is -0.359 e. The number of fused-ring (bicyclic) bond motifs is 1. The Bertz CT molecular complexity index is 1030. The van der Waals surface area contributed by atoms with Crippen molar-refractivity contribution in [2.75, 3.05) is 7.05 Å². The molecule has 0 fully saturated rings. The van der Waals surface area contributed by atoms with Crippen molar-refractivity contribution in [3.63, 3.8) is 0 Å². The maximum absolute atomic E-state index is 6.16. The van der Waals surface area contributed by atoms with Crippen LogP contribution in [0, 0.1) is 0 Å². The van der Waals surface area contributed by atoms with E-state index in [0.29, 0.717) is 0 Å². The van der Waals surface area contributed by atoms with Crippen molar-refractivity contribution in [1.29, 1.82) is 0 Å². The van der Waals surface area contributed by atoms with Crippen molar-refractivity contribution in [1.82, 2.24) is 4.90 Å². The molecule has 0 saturated heterocycles. The first-order chi connectivity index (χ1) is 14.0. The summed E-state index contributed by atoms with van der Waals surface area (Å²) in [6.07, 6.45) is 1.79. The van der Waals surface area contributed by atoms with E-state index in [-0.39, 0.29) is 0 Å². The van der Waals surface area contributed by atoms with E-state index in [4.69, 9.17) is 28.2 Å². The molecule has 148 valence electrons. The summed E-state index contributed by atoms with van der Waals surface area (Å²) in [6.45, 7) is 3.05. The number of hydrogen-bond donors (Lipinski definition) is 0. The van der Waals surface area contributed by atoms with Gasteiger partial charge < -0.3 is 4.90 Å². The van der Waals surface area contributed by atoms with Gasteiger partial charge in [0.15, 0.2) is 0 Å². The summed E-state index contributed by atoms with van der Waals surface area (Å²) in [6, 6.07) is 24.8. The Kier molecular flexibility index (Phi) is 5.67. The minimum absolute atomic E-state index is 0.457. The van der Waals surface area contributed by atoms with Gasteiger partial charge in [-0.1, -0.05) is 71.7 Å². The summed E-state index contributed by atoms with van der Waals surface area (Å²) in [7, 11) is 2.13. The Balaban J connectivity index is 1.74. The quantitative estimate of drug-likeness (QED) is 0.454. The summed E-state index contributed by atoms with van der Waals surface area (Å²) in [5, 5.41) is 1.51. The fourth-order valence-electron chi connectivity index (χ4n) is 4.03. The Labute approximate surface area is 182 Å². The first-order valence-corrected chi connectivity index (χ1v) is 10.6. The number of nitrogens with zero attached hydrogens (tertiary/aromatic N) is 2. The third kappa shape index (κ3) is 4.19. The molecule has 1 aliphatic rings. The molecular weight excluding hydrogens is 399 g/mol. The molecule has 3 aromatic carbocycles. The molecule has 0 aromatic heterocycles. The Morgan fingerprint density at radius 2 is 1.48 bits per heavy atom. The number of amidine groups is 1. The van der Waals surface area contributed by atoms with Crippen LogP contribution in [0.15, 0.2) is 77.8 Å². The normalized spacial score (nSPS) is 18.8. The molecule has 1 aliphatic heterocycles. The monoisotopic (exact) mass is 422 g/mol. The van der Waals surface area contributed by atoms with Gasteiger partial charge in [0.2, 0.25) is 0 Å². The van der Waals surface area contributed by atoms with Crippen molar-refractivity contribution in [2.24, 2.45) is 4.99 Å². The van der Waals surface area contributed by atoms with Gasteiger partial charge in [-0.3, -0.25) is 4.99 Å². The van der Waals surface area contributed by atoms with E-state index in [9.17, 15) is 0 Å². The number of hydrogen-bond acceptors (Lipinski definition) is 2. The van der Waals surface area contributed by atoms with Gasteiger partial charge in [0.25, 0.3) is 0 Å². The molecule has 1 heterocycles. The zero-order valence-electron chi connectivity index (χ0n) is 16.7. The van der Waals surface area contributed by atoms with Crippen LogP contribution in [0.25, 0.3) is 0 Å². The Morgan fingerprint density at radius 3 is 2.17 bits per heavy atom. The second-order valence-electron chi connectivity index (χ2n) is 7.75. The fraction of sp³-hybridized carbons (Fsp3) is 0.240. The smallest absolute Gasteiger partial charge is 0.110 e. The number of halogens is 2.